The third-order valence-electron chi connectivity index (χ3n) is 1.83. The molecule has 2 aliphatic rings. The maximum atomic E-state index is 5.49. The van der Waals surface area contributed by atoms with E-state index < -0.39 is 0 Å². The van der Waals surface area contributed by atoms with E-state index in [0.717, 1.165) is 31.8 Å². The van der Waals surface area contributed by atoms with Gasteiger partial charge < -0.3 is 9.47 Å². The van der Waals surface area contributed by atoms with E-state index in [4.69, 9.17) is 9.47 Å². The Morgan fingerprint density at radius 1 is 1.28 bits per heavy atom. The van der Waals surface area contributed by atoms with Crippen LogP contribution in [0, 0.1) is 5.41 Å². The zero-order valence-corrected chi connectivity index (χ0v) is 13.0. The molecule has 1 saturated heterocycles. The van der Waals surface area contributed by atoms with Crippen molar-refractivity contribution in [3.8, 4) is 0 Å². The van der Waals surface area contributed by atoms with Crippen molar-refractivity contribution in [2.24, 2.45) is 5.41 Å². The lowest BCUT2D eigenvalue weighted by atomic mass is 10.0. The normalized spacial score (nSPS) is 20.8. The van der Waals surface area contributed by atoms with Crippen LogP contribution in [0.15, 0.2) is 24.0 Å². The molecule has 0 saturated carbocycles. The number of rotatable bonds is 3. The summed E-state index contributed by atoms with van der Waals surface area (Å²) in [4.78, 5) is 0. The van der Waals surface area contributed by atoms with Crippen molar-refractivity contribution < 1.29 is 9.47 Å². The Labute approximate surface area is 113 Å². The molecule has 2 rings (SSSR count). The van der Waals surface area contributed by atoms with Gasteiger partial charge in [0, 0.05) is 6.42 Å². The SMILES string of the molecule is C1=CCCC(OCC2CO2)=C1.CC.CC(C)(C)C. The average molecular weight is 254 g/mol. The number of allylic oxidation sites excluding steroid dienone is 4. The van der Waals surface area contributed by atoms with Crippen LogP contribution in [-0.2, 0) is 9.47 Å². The second kappa shape index (κ2) is 9.21. The van der Waals surface area contributed by atoms with Crippen molar-refractivity contribution in [2.75, 3.05) is 13.2 Å². The third-order valence-corrected chi connectivity index (χ3v) is 1.83. The third kappa shape index (κ3) is 13.3. The van der Waals surface area contributed by atoms with Gasteiger partial charge in [-0.2, -0.15) is 0 Å². The van der Waals surface area contributed by atoms with Crippen molar-refractivity contribution in [3.63, 3.8) is 0 Å². The molecule has 0 N–H and O–H groups in total. The van der Waals surface area contributed by atoms with Gasteiger partial charge in [-0.25, -0.2) is 0 Å². The molecular weight excluding hydrogens is 224 g/mol. The fourth-order valence-corrected chi connectivity index (χ4v) is 1.07. The molecule has 1 atom stereocenters. The smallest absolute Gasteiger partial charge is 0.116 e. The molecule has 1 aliphatic carbocycles. The fraction of sp³-hybridized carbons (Fsp3) is 0.750. The Balaban J connectivity index is 0.000000354. The molecular formula is C16H30O2. The van der Waals surface area contributed by atoms with Crippen molar-refractivity contribution >= 4 is 0 Å². The van der Waals surface area contributed by atoms with Crippen molar-refractivity contribution in [2.45, 2.75) is 60.5 Å². The van der Waals surface area contributed by atoms with Gasteiger partial charge in [0.2, 0.25) is 0 Å². The van der Waals surface area contributed by atoms with E-state index in [1.165, 1.54) is 0 Å². The largest absolute Gasteiger partial charge is 0.495 e. The lowest BCUT2D eigenvalue weighted by Crippen LogP contribution is -2.02. The standard InChI is InChI=1S/C9H12O2.C5H12.C2H6/c1-2-4-8(5-3-1)10-6-9-7-11-9;1-5(2,3)4;1-2/h1-2,4,9H,3,5-7H2;1-4H3;1-2H3. The zero-order chi connectivity index (χ0) is 14.0. The van der Waals surface area contributed by atoms with Crippen LogP contribution in [0.2, 0.25) is 0 Å². The van der Waals surface area contributed by atoms with E-state index in [9.17, 15) is 0 Å². The monoisotopic (exact) mass is 254 g/mol. The molecule has 0 aromatic rings. The van der Waals surface area contributed by atoms with Gasteiger partial charge in [-0.1, -0.05) is 53.7 Å². The molecule has 0 radical (unpaired) electrons. The van der Waals surface area contributed by atoms with E-state index in [-0.39, 0.29) is 0 Å². The molecule has 0 spiro atoms. The second-order valence-electron chi connectivity index (χ2n) is 5.87. The Bertz CT molecular complexity index is 249. The van der Waals surface area contributed by atoms with E-state index in [2.05, 4.69) is 33.8 Å². The van der Waals surface area contributed by atoms with Crippen molar-refractivity contribution in [1.29, 1.82) is 0 Å². The number of epoxide rings is 1. The van der Waals surface area contributed by atoms with Crippen LogP contribution >= 0.6 is 0 Å². The Morgan fingerprint density at radius 3 is 2.22 bits per heavy atom. The van der Waals surface area contributed by atoms with Gasteiger partial charge >= 0.3 is 0 Å². The summed E-state index contributed by atoms with van der Waals surface area (Å²) in [5.74, 6) is 1.10. The highest BCUT2D eigenvalue weighted by Crippen LogP contribution is 2.16. The summed E-state index contributed by atoms with van der Waals surface area (Å²) in [5.41, 5.74) is 0.500. The van der Waals surface area contributed by atoms with Gasteiger partial charge in [0.15, 0.2) is 0 Å². The molecule has 0 aromatic heterocycles. The molecule has 0 amide bonds. The van der Waals surface area contributed by atoms with Crippen LogP contribution in [0.4, 0.5) is 0 Å². The summed E-state index contributed by atoms with van der Waals surface area (Å²) < 4.78 is 10.5. The highest BCUT2D eigenvalue weighted by Gasteiger charge is 2.23. The fourth-order valence-electron chi connectivity index (χ4n) is 1.07. The van der Waals surface area contributed by atoms with Crippen molar-refractivity contribution in [1.82, 2.24) is 0 Å². The summed E-state index contributed by atoms with van der Waals surface area (Å²) in [6, 6.07) is 0. The summed E-state index contributed by atoms with van der Waals surface area (Å²) in [6.45, 7) is 14.4. The van der Waals surface area contributed by atoms with Crippen molar-refractivity contribution in [3.05, 3.63) is 24.0 Å². The highest BCUT2D eigenvalue weighted by atomic mass is 16.6. The Morgan fingerprint density at radius 2 is 1.83 bits per heavy atom. The van der Waals surface area contributed by atoms with Gasteiger partial charge in [0.1, 0.15) is 12.7 Å². The number of hydrogen-bond acceptors (Lipinski definition) is 2. The maximum Gasteiger partial charge on any atom is 0.116 e. The molecule has 2 nitrogen and oxygen atoms in total. The predicted molar refractivity (Wildman–Crippen MR) is 78.6 cm³/mol. The Hall–Kier alpha value is -0.760. The van der Waals surface area contributed by atoms with Gasteiger partial charge in [-0.3, -0.25) is 0 Å². The summed E-state index contributed by atoms with van der Waals surface area (Å²) in [6.07, 6.45) is 8.77. The first-order valence-corrected chi connectivity index (χ1v) is 7.05. The van der Waals surface area contributed by atoms with Crippen LogP contribution in [0.25, 0.3) is 0 Å². The molecule has 106 valence electrons. The molecule has 1 fully saturated rings. The molecule has 0 bridgehead atoms. The lowest BCUT2D eigenvalue weighted by Gasteiger charge is -2.09. The number of ether oxygens (including phenoxy) is 2. The quantitative estimate of drug-likeness (QED) is 0.680. The van der Waals surface area contributed by atoms with Gasteiger partial charge in [-0.15, -0.1) is 0 Å². The highest BCUT2D eigenvalue weighted by molar-refractivity contribution is 5.12. The first kappa shape index (κ1) is 17.2. The minimum atomic E-state index is 0.377. The van der Waals surface area contributed by atoms with E-state index in [1.54, 1.807) is 0 Å². The first-order chi connectivity index (χ1) is 8.45. The summed E-state index contributed by atoms with van der Waals surface area (Å²) in [5, 5.41) is 0. The van der Waals surface area contributed by atoms with Gasteiger partial charge in [-0.05, 0) is 17.9 Å². The molecule has 18 heavy (non-hydrogen) atoms. The van der Waals surface area contributed by atoms with Gasteiger partial charge in [0.05, 0.1) is 12.4 Å². The number of hydrogen-bond donors (Lipinski definition) is 0. The average Bonchev–Trinajstić information content (AvgIpc) is 3.12. The predicted octanol–water partition coefficient (Wildman–Crippen LogP) is 4.71. The summed E-state index contributed by atoms with van der Waals surface area (Å²) >= 11 is 0. The van der Waals surface area contributed by atoms with Crippen LogP contribution in [0.5, 0.6) is 0 Å². The molecule has 1 unspecified atom stereocenters. The minimum Gasteiger partial charge on any atom is -0.495 e. The van der Waals surface area contributed by atoms with Crippen LogP contribution in [0.3, 0.4) is 0 Å². The molecule has 0 aromatic carbocycles. The van der Waals surface area contributed by atoms with E-state index in [1.807, 2.05) is 26.0 Å². The lowest BCUT2D eigenvalue weighted by molar-refractivity contribution is 0.175. The summed E-state index contributed by atoms with van der Waals surface area (Å²) in [7, 11) is 0. The van der Waals surface area contributed by atoms with Crippen LogP contribution in [-0.4, -0.2) is 19.3 Å². The maximum absolute atomic E-state index is 5.49. The zero-order valence-electron chi connectivity index (χ0n) is 13.0. The van der Waals surface area contributed by atoms with Crippen LogP contribution < -0.4 is 0 Å². The second-order valence-corrected chi connectivity index (χ2v) is 5.87. The minimum absolute atomic E-state index is 0.377. The van der Waals surface area contributed by atoms with E-state index in [0.29, 0.717) is 11.5 Å². The Kier molecular flexibility index (Phi) is 8.82. The van der Waals surface area contributed by atoms with Crippen LogP contribution in [0.1, 0.15) is 54.4 Å². The first-order valence-electron chi connectivity index (χ1n) is 7.05. The topological polar surface area (TPSA) is 21.8 Å². The van der Waals surface area contributed by atoms with Gasteiger partial charge in [0.25, 0.3) is 0 Å². The van der Waals surface area contributed by atoms with E-state index >= 15 is 0 Å². The molecule has 1 aliphatic heterocycles. The molecule has 2 heteroatoms. The molecule has 1 heterocycles.